The van der Waals surface area contributed by atoms with Crippen molar-refractivity contribution in [2.24, 2.45) is 0 Å². The molecule has 8 rings (SSSR count). The molecule has 6 N–H and O–H groups in total. The summed E-state index contributed by atoms with van der Waals surface area (Å²) in [5.74, 6) is -2.38. The summed E-state index contributed by atoms with van der Waals surface area (Å²) in [6.45, 7) is 0. The largest absolute Gasteiger partial charge is 0.476 e. The number of carbonyl (C=O) groups excluding carboxylic acids is 1. The number of aliphatic hydroxyl groups is 2. The molecule has 2 aliphatic rings. The number of carboxylic acids is 1. The van der Waals surface area contributed by atoms with Crippen LogP contribution in [0.5, 0.6) is 0 Å². The van der Waals surface area contributed by atoms with Crippen LogP contribution >= 0.6 is 54.5 Å². The molecule has 0 unspecified atom stereocenters. The number of amides is 1. The first kappa shape index (κ1) is 40.6. The summed E-state index contributed by atoms with van der Waals surface area (Å²) in [7, 11) is 0. The normalized spacial score (nSPS) is 18.4. The number of carboxylic acid groups (broad SMARTS) is 1. The Balaban J connectivity index is 0.000000173. The number of nitrogen functional groups attached to an aromatic ring is 1. The number of pyridine rings is 2. The fourth-order valence-electron chi connectivity index (χ4n) is 5.18. The molecule has 1 amide bonds. The topological polar surface area (TPSA) is 220 Å². The number of carbonyl (C=O) groups is 2. The van der Waals surface area contributed by atoms with E-state index >= 15 is 0 Å². The van der Waals surface area contributed by atoms with E-state index in [2.05, 4.69) is 67.3 Å². The van der Waals surface area contributed by atoms with Gasteiger partial charge in [-0.05, 0) is 81.8 Å². The first-order valence-electron chi connectivity index (χ1n) is 15.6. The summed E-state index contributed by atoms with van der Waals surface area (Å²) in [6, 6.07) is 5.78. The third-order valence-electron chi connectivity index (χ3n) is 8.03. The summed E-state index contributed by atoms with van der Waals surface area (Å²) >= 11 is 8.82. The van der Waals surface area contributed by atoms with Crippen molar-refractivity contribution < 1.29 is 33.7 Å². The second-order valence-electron chi connectivity index (χ2n) is 11.7. The van der Waals surface area contributed by atoms with E-state index in [0.29, 0.717) is 50.6 Å². The van der Waals surface area contributed by atoms with Crippen molar-refractivity contribution in [2.75, 3.05) is 11.1 Å². The number of anilines is 2. The van der Waals surface area contributed by atoms with Gasteiger partial charge in [-0.2, -0.15) is 10.2 Å². The van der Waals surface area contributed by atoms with Crippen LogP contribution in [0.15, 0.2) is 67.6 Å². The van der Waals surface area contributed by atoms with Crippen molar-refractivity contribution in [1.82, 2.24) is 39.5 Å². The lowest BCUT2D eigenvalue weighted by atomic mass is 9.90. The van der Waals surface area contributed by atoms with Crippen molar-refractivity contribution in [2.45, 2.75) is 57.4 Å². The molecular weight excluding hydrogens is 878 g/mol. The summed E-state index contributed by atoms with van der Waals surface area (Å²) in [4.78, 5) is 38.3. The summed E-state index contributed by atoms with van der Waals surface area (Å²) in [6.07, 6.45) is 8.10. The molecule has 0 saturated heterocycles. The average Bonchev–Trinajstić information content (AvgIpc) is 3.91. The molecule has 284 valence electrons. The lowest BCUT2D eigenvalue weighted by molar-refractivity contribution is 0.0432. The number of hydrogen-bond donors (Lipinski definition) is 5. The van der Waals surface area contributed by atoms with E-state index in [-0.39, 0.29) is 60.2 Å². The van der Waals surface area contributed by atoms with Gasteiger partial charge in [0.2, 0.25) is 0 Å². The average molecular weight is 911 g/mol. The summed E-state index contributed by atoms with van der Waals surface area (Å²) in [5.41, 5.74) is 7.74. The molecule has 2 fully saturated rings. The molecule has 6 heterocycles. The molecule has 0 radical (unpaired) electrons. The smallest absolute Gasteiger partial charge is 0.355 e. The lowest BCUT2D eigenvalue weighted by Crippen LogP contribution is -2.31. The van der Waals surface area contributed by atoms with Crippen molar-refractivity contribution in [3.05, 3.63) is 90.7 Å². The fourth-order valence-corrected chi connectivity index (χ4v) is 7.16. The number of rotatable bonds is 7. The SMILES string of the molecule is C.Nc1cn(C2CC(O)C2)nc1-c1ncccc1F.O=C(Nc1cn(C2CC(O)C2)nc1-c1ncccc1F)c1csc(Br)n1.O=C(O)c1csc(Br)n1. The van der Waals surface area contributed by atoms with Gasteiger partial charge in [0.05, 0.1) is 35.7 Å². The molecule has 15 nitrogen and oxygen atoms in total. The van der Waals surface area contributed by atoms with Gasteiger partial charge < -0.3 is 26.4 Å². The fraction of sp³-hybridized carbons (Fsp3) is 0.273. The number of aromatic nitrogens is 8. The standard InChI is InChI=1S/C16H13BrFN5O2S.C12H13FN4O.C4H2BrNO2S.CH4/c17-16-21-12(7-26-16)15(25)20-11-6-23(8-4-9(24)5-8)22-14(11)13-10(18)2-1-3-19-13;13-9-2-1-3-15-11(9)12-10(14)6-17(16-12)7-4-8(18)5-7;5-4-6-2(1-9-4)3(7)8;/h1-3,6-9,24H,4-5H2,(H,20,25);1-3,6-8,18H,4-5,14H2;1H,(H,7,8);1H4. The van der Waals surface area contributed by atoms with Gasteiger partial charge in [-0.1, -0.05) is 7.43 Å². The number of nitrogens with one attached hydrogen (secondary N) is 1. The monoisotopic (exact) mass is 908 g/mol. The first-order chi connectivity index (χ1) is 25.4. The highest BCUT2D eigenvalue weighted by Gasteiger charge is 2.32. The highest BCUT2D eigenvalue weighted by molar-refractivity contribution is 9.11. The van der Waals surface area contributed by atoms with E-state index < -0.39 is 23.5 Å². The molecule has 6 aromatic rings. The van der Waals surface area contributed by atoms with Crippen LogP contribution in [-0.4, -0.2) is 78.9 Å². The number of aromatic carboxylic acids is 1. The van der Waals surface area contributed by atoms with Crippen molar-refractivity contribution >= 4 is 77.8 Å². The molecule has 6 aromatic heterocycles. The van der Waals surface area contributed by atoms with Crippen LogP contribution in [0.4, 0.5) is 20.2 Å². The first-order valence-corrected chi connectivity index (χ1v) is 19.0. The number of nitrogens with two attached hydrogens (primary N) is 1. The second-order valence-corrected chi connectivity index (χ2v) is 16.0. The molecule has 0 aromatic carbocycles. The van der Waals surface area contributed by atoms with Gasteiger partial charge in [0.15, 0.2) is 25.2 Å². The molecule has 0 atom stereocenters. The van der Waals surface area contributed by atoms with Gasteiger partial charge in [0.1, 0.15) is 28.5 Å². The number of hydrogen-bond acceptors (Lipinski definition) is 13. The minimum Gasteiger partial charge on any atom is -0.476 e. The predicted molar refractivity (Wildman–Crippen MR) is 205 cm³/mol. The Kier molecular flexibility index (Phi) is 13.3. The van der Waals surface area contributed by atoms with Crippen molar-refractivity contribution in [3.8, 4) is 22.8 Å². The van der Waals surface area contributed by atoms with Crippen molar-refractivity contribution in [3.63, 3.8) is 0 Å². The Labute approximate surface area is 331 Å². The van der Waals surface area contributed by atoms with Crippen LogP contribution in [0, 0.1) is 11.6 Å². The Morgan fingerprint density at radius 3 is 1.72 bits per heavy atom. The zero-order chi connectivity index (χ0) is 37.8. The molecule has 2 aliphatic carbocycles. The number of aliphatic hydroxyl groups excluding tert-OH is 2. The van der Waals surface area contributed by atoms with Crippen LogP contribution < -0.4 is 11.1 Å². The van der Waals surface area contributed by atoms with Crippen LogP contribution in [0.2, 0.25) is 0 Å². The number of halogens is 4. The number of thiazole rings is 2. The Hall–Kier alpha value is -4.54. The highest BCUT2D eigenvalue weighted by Crippen LogP contribution is 2.36. The van der Waals surface area contributed by atoms with E-state index in [9.17, 15) is 28.6 Å². The zero-order valence-electron chi connectivity index (χ0n) is 27.1. The van der Waals surface area contributed by atoms with E-state index in [1.54, 1.807) is 27.1 Å². The second kappa shape index (κ2) is 17.7. The van der Waals surface area contributed by atoms with Gasteiger partial charge in [0, 0.05) is 35.5 Å². The van der Waals surface area contributed by atoms with Gasteiger partial charge in [-0.25, -0.2) is 23.5 Å². The van der Waals surface area contributed by atoms with E-state index in [1.165, 1.54) is 64.7 Å². The Bertz CT molecular complexity index is 2240. The molecule has 2 saturated carbocycles. The Morgan fingerprint density at radius 2 is 1.28 bits per heavy atom. The maximum Gasteiger partial charge on any atom is 0.355 e. The number of nitrogens with zero attached hydrogens (tertiary/aromatic N) is 8. The minimum atomic E-state index is -0.989. The third-order valence-corrected chi connectivity index (χ3v) is 10.8. The van der Waals surface area contributed by atoms with E-state index in [0.717, 1.165) is 0 Å². The minimum absolute atomic E-state index is 0. The van der Waals surface area contributed by atoms with E-state index in [4.69, 9.17) is 10.8 Å². The molecule has 0 aliphatic heterocycles. The van der Waals surface area contributed by atoms with E-state index in [1.807, 2.05) is 0 Å². The molecule has 54 heavy (non-hydrogen) atoms. The third kappa shape index (κ3) is 9.57. The Morgan fingerprint density at radius 1 is 0.796 bits per heavy atom. The zero-order valence-corrected chi connectivity index (χ0v) is 31.9. The predicted octanol–water partition coefficient (Wildman–Crippen LogP) is 6.85. The van der Waals surface area contributed by atoms with Gasteiger partial charge in [0.25, 0.3) is 5.91 Å². The molecule has 0 bridgehead atoms. The lowest BCUT2D eigenvalue weighted by Gasteiger charge is -2.31. The summed E-state index contributed by atoms with van der Waals surface area (Å²) < 4.78 is 32.3. The molecule has 0 spiro atoms. The maximum atomic E-state index is 14.2. The van der Waals surface area contributed by atoms with Crippen LogP contribution in [0.1, 0.15) is 66.2 Å². The molecule has 21 heteroatoms. The molecular formula is C33H32Br2F2N10O5S2. The maximum absolute atomic E-state index is 14.2. The van der Waals surface area contributed by atoms with Gasteiger partial charge in [-0.15, -0.1) is 22.7 Å². The van der Waals surface area contributed by atoms with Crippen LogP contribution in [0.25, 0.3) is 22.8 Å². The van der Waals surface area contributed by atoms with Gasteiger partial charge >= 0.3 is 5.97 Å². The quantitative estimate of drug-likeness (QED) is 0.111. The van der Waals surface area contributed by atoms with Crippen LogP contribution in [-0.2, 0) is 0 Å². The van der Waals surface area contributed by atoms with Crippen molar-refractivity contribution in [1.29, 1.82) is 0 Å². The van der Waals surface area contributed by atoms with Gasteiger partial charge in [-0.3, -0.25) is 24.1 Å². The van der Waals surface area contributed by atoms with Crippen LogP contribution in [0.3, 0.4) is 0 Å². The summed E-state index contributed by atoms with van der Waals surface area (Å²) in [5, 5.41) is 41.6. The highest BCUT2D eigenvalue weighted by atomic mass is 79.9.